The molecule has 0 amide bonds. The minimum absolute atomic E-state index is 0.0981. The van der Waals surface area contributed by atoms with Gasteiger partial charge in [0.25, 0.3) is 0 Å². The van der Waals surface area contributed by atoms with E-state index in [9.17, 15) is 19.8 Å². The Morgan fingerprint density at radius 1 is 1.12 bits per heavy atom. The molecule has 3 rings (SSSR count). The molecule has 2 N–H and O–H groups in total. The Kier molecular flexibility index (Phi) is 6.92. The molecule has 1 atom stereocenters. The number of benzene rings is 1. The molecule has 170 valence electrons. The van der Waals surface area contributed by atoms with Crippen molar-refractivity contribution in [3.05, 3.63) is 63.5 Å². The Labute approximate surface area is 188 Å². The van der Waals surface area contributed by atoms with Crippen molar-refractivity contribution >= 4 is 11.6 Å². The van der Waals surface area contributed by atoms with E-state index in [1.54, 1.807) is 13.2 Å². The molecule has 0 aromatic heterocycles. The fourth-order valence-corrected chi connectivity index (χ4v) is 3.99. The Balaban J connectivity index is 2.01. The van der Waals surface area contributed by atoms with Crippen molar-refractivity contribution in [1.82, 2.24) is 0 Å². The van der Waals surface area contributed by atoms with Gasteiger partial charge in [0.2, 0.25) is 11.6 Å². The molecule has 0 radical (unpaired) electrons. The van der Waals surface area contributed by atoms with Crippen molar-refractivity contribution in [2.75, 3.05) is 13.7 Å². The molecule has 1 aliphatic heterocycles. The Bertz CT molecular complexity index is 1080. The number of aliphatic hydroxyl groups excluding tert-OH is 1. The predicted octanol–water partition coefficient (Wildman–Crippen LogP) is 4.71. The molecule has 0 bridgehead atoms. The van der Waals surface area contributed by atoms with Crippen molar-refractivity contribution < 1.29 is 29.3 Å². The van der Waals surface area contributed by atoms with Crippen LogP contribution in [0.4, 0.5) is 0 Å². The standard InChI is InChI=1S/C26H30O6/c1-14(2)6-8-17-21(27)12-23-20(26(17)31-5)10-16(13-32-23)19-11-22(28)25(30)18(24(19)29)9-7-15(3)4/h6-7,11-12,16,27,29H,8-10,13H2,1-5H3. The Morgan fingerprint density at radius 2 is 1.78 bits per heavy atom. The van der Waals surface area contributed by atoms with Gasteiger partial charge in [0, 0.05) is 34.3 Å². The van der Waals surface area contributed by atoms with E-state index < -0.39 is 11.6 Å². The molecule has 0 saturated heterocycles. The van der Waals surface area contributed by atoms with Gasteiger partial charge in [-0.2, -0.15) is 0 Å². The third-order valence-electron chi connectivity index (χ3n) is 5.73. The summed E-state index contributed by atoms with van der Waals surface area (Å²) < 4.78 is 11.6. The van der Waals surface area contributed by atoms with E-state index >= 15 is 0 Å². The number of carbonyl (C=O) groups excluding carboxylic acids is 2. The molecule has 6 nitrogen and oxygen atoms in total. The first-order valence-electron chi connectivity index (χ1n) is 10.7. The van der Waals surface area contributed by atoms with Gasteiger partial charge in [-0.25, -0.2) is 0 Å². The van der Waals surface area contributed by atoms with Crippen molar-refractivity contribution in [2.24, 2.45) is 5.92 Å². The molecule has 1 unspecified atom stereocenters. The first-order valence-corrected chi connectivity index (χ1v) is 10.7. The number of carbonyl (C=O) groups is 2. The van der Waals surface area contributed by atoms with Gasteiger partial charge in [-0.3, -0.25) is 9.59 Å². The summed E-state index contributed by atoms with van der Waals surface area (Å²) in [7, 11) is 1.54. The average molecular weight is 439 g/mol. The van der Waals surface area contributed by atoms with E-state index in [-0.39, 0.29) is 36.0 Å². The number of hydrogen-bond acceptors (Lipinski definition) is 6. The SMILES string of the molecule is COc1c(CC=C(C)C)c(O)cc2c1CC(C1=CC(=O)C(=O)C(CC=C(C)C)=C1O)CO2. The number of rotatable bonds is 6. The highest BCUT2D eigenvalue weighted by Crippen LogP contribution is 2.44. The number of Topliss-reactive ketones (excluding diaryl/α,β-unsaturated/α-hetero) is 1. The van der Waals surface area contributed by atoms with Crippen LogP contribution in [0.25, 0.3) is 0 Å². The summed E-state index contributed by atoms with van der Waals surface area (Å²) in [4.78, 5) is 24.7. The maximum absolute atomic E-state index is 12.4. The summed E-state index contributed by atoms with van der Waals surface area (Å²) in [6.07, 6.45) is 6.18. The monoisotopic (exact) mass is 438 g/mol. The summed E-state index contributed by atoms with van der Waals surface area (Å²) in [5, 5.41) is 21.4. The van der Waals surface area contributed by atoms with E-state index in [0.717, 1.165) is 16.7 Å². The van der Waals surface area contributed by atoms with Crippen molar-refractivity contribution in [1.29, 1.82) is 0 Å². The topological polar surface area (TPSA) is 93.1 Å². The van der Waals surface area contributed by atoms with Crippen LogP contribution < -0.4 is 9.47 Å². The molecule has 0 spiro atoms. The number of aromatic hydroxyl groups is 1. The number of methoxy groups -OCH3 is 1. The van der Waals surface area contributed by atoms with Gasteiger partial charge < -0.3 is 19.7 Å². The van der Waals surface area contributed by atoms with Gasteiger partial charge in [-0.1, -0.05) is 23.3 Å². The number of hydrogen-bond donors (Lipinski definition) is 2. The van der Waals surface area contributed by atoms with E-state index in [0.29, 0.717) is 35.5 Å². The van der Waals surface area contributed by atoms with Gasteiger partial charge in [0.1, 0.15) is 23.0 Å². The molecular formula is C26H30O6. The van der Waals surface area contributed by atoms with E-state index in [1.807, 2.05) is 39.8 Å². The quantitative estimate of drug-likeness (QED) is 0.380. The molecule has 1 heterocycles. The molecule has 6 heteroatoms. The van der Waals surface area contributed by atoms with Gasteiger partial charge in [0.15, 0.2) is 0 Å². The highest BCUT2D eigenvalue weighted by Gasteiger charge is 2.35. The molecular weight excluding hydrogens is 408 g/mol. The number of phenols is 1. The zero-order chi connectivity index (χ0) is 23.6. The van der Waals surface area contributed by atoms with Crippen molar-refractivity contribution in [3.8, 4) is 17.2 Å². The molecule has 1 aromatic rings. The van der Waals surface area contributed by atoms with Gasteiger partial charge in [-0.15, -0.1) is 0 Å². The molecule has 2 aliphatic rings. The van der Waals surface area contributed by atoms with Crippen LogP contribution in [0.2, 0.25) is 0 Å². The van der Waals surface area contributed by atoms with Gasteiger partial charge in [0.05, 0.1) is 13.7 Å². The number of phenolic OH excluding ortho intramolecular Hbond substituents is 1. The van der Waals surface area contributed by atoms with Crippen molar-refractivity contribution in [2.45, 2.75) is 47.0 Å². The molecule has 1 aliphatic carbocycles. The largest absolute Gasteiger partial charge is 0.507 e. The zero-order valence-electron chi connectivity index (χ0n) is 19.2. The summed E-state index contributed by atoms with van der Waals surface area (Å²) in [5.74, 6) is -0.642. The highest BCUT2D eigenvalue weighted by molar-refractivity contribution is 6.48. The second kappa shape index (κ2) is 9.47. The number of allylic oxidation sites excluding steroid dienone is 7. The van der Waals surface area contributed by atoms with Crippen LogP contribution >= 0.6 is 0 Å². The molecule has 0 saturated carbocycles. The zero-order valence-corrected chi connectivity index (χ0v) is 19.2. The van der Waals surface area contributed by atoms with Crippen LogP contribution in [0.1, 0.15) is 45.2 Å². The van der Waals surface area contributed by atoms with E-state index in [4.69, 9.17) is 9.47 Å². The van der Waals surface area contributed by atoms with Gasteiger partial charge >= 0.3 is 0 Å². The second-order valence-corrected chi connectivity index (χ2v) is 8.69. The van der Waals surface area contributed by atoms with Gasteiger partial charge in [-0.05, 0) is 53.0 Å². The number of aliphatic hydroxyl groups is 1. The van der Waals surface area contributed by atoms with Crippen LogP contribution in [0.3, 0.4) is 0 Å². The smallest absolute Gasteiger partial charge is 0.232 e. The highest BCUT2D eigenvalue weighted by atomic mass is 16.5. The molecule has 32 heavy (non-hydrogen) atoms. The van der Waals surface area contributed by atoms with E-state index in [1.165, 1.54) is 6.08 Å². The average Bonchev–Trinajstić information content (AvgIpc) is 2.73. The fourth-order valence-electron chi connectivity index (χ4n) is 3.99. The lowest BCUT2D eigenvalue weighted by Gasteiger charge is -2.30. The maximum atomic E-state index is 12.4. The lowest BCUT2D eigenvalue weighted by Crippen LogP contribution is -2.29. The summed E-state index contributed by atoms with van der Waals surface area (Å²) in [6.45, 7) is 7.96. The van der Waals surface area contributed by atoms with E-state index in [2.05, 4.69) is 0 Å². The Morgan fingerprint density at radius 3 is 2.41 bits per heavy atom. The summed E-state index contributed by atoms with van der Waals surface area (Å²) >= 11 is 0. The second-order valence-electron chi connectivity index (χ2n) is 8.69. The number of fused-ring (bicyclic) bond motifs is 1. The molecule has 0 fully saturated rings. The Hall–Kier alpha value is -3.28. The summed E-state index contributed by atoms with van der Waals surface area (Å²) in [5.41, 5.74) is 4.05. The van der Waals surface area contributed by atoms with Crippen LogP contribution in [0.5, 0.6) is 17.2 Å². The van der Waals surface area contributed by atoms with Crippen molar-refractivity contribution in [3.63, 3.8) is 0 Å². The third-order valence-corrected chi connectivity index (χ3v) is 5.73. The maximum Gasteiger partial charge on any atom is 0.232 e. The lowest BCUT2D eigenvalue weighted by atomic mass is 9.82. The summed E-state index contributed by atoms with van der Waals surface area (Å²) in [6, 6.07) is 1.59. The lowest BCUT2D eigenvalue weighted by molar-refractivity contribution is -0.132. The van der Waals surface area contributed by atoms with Crippen LogP contribution in [-0.2, 0) is 22.4 Å². The first-order chi connectivity index (χ1) is 15.1. The third kappa shape index (κ3) is 4.64. The normalized spacial score (nSPS) is 17.9. The minimum Gasteiger partial charge on any atom is -0.507 e. The first kappa shape index (κ1) is 23.4. The fraction of sp³-hybridized carbons (Fsp3) is 0.385. The number of ether oxygens (including phenoxy) is 2. The van der Waals surface area contributed by atoms with Crippen LogP contribution in [0.15, 0.2) is 52.3 Å². The predicted molar refractivity (Wildman–Crippen MR) is 122 cm³/mol. The van der Waals surface area contributed by atoms with Crippen LogP contribution in [-0.4, -0.2) is 35.5 Å². The number of ketones is 2. The molecule has 1 aromatic carbocycles. The minimum atomic E-state index is -0.674. The van der Waals surface area contributed by atoms with Crippen LogP contribution in [0, 0.1) is 5.92 Å².